The fourth-order valence-electron chi connectivity index (χ4n) is 1.33. The highest BCUT2D eigenvalue weighted by atomic mass is 79.9. The number of halogens is 2. The van der Waals surface area contributed by atoms with E-state index in [2.05, 4.69) is 20.7 Å². The van der Waals surface area contributed by atoms with Crippen LogP contribution in [0.15, 0.2) is 22.7 Å². The third-order valence-corrected chi connectivity index (χ3v) is 2.74. The van der Waals surface area contributed by atoms with E-state index >= 15 is 0 Å². The van der Waals surface area contributed by atoms with Crippen molar-refractivity contribution in [1.29, 1.82) is 0 Å². The van der Waals surface area contributed by atoms with E-state index in [0.717, 1.165) is 4.90 Å². The predicted octanol–water partition coefficient (Wildman–Crippen LogP) is 2.50. The summed E-state index contributed by atoms with van der Waals surface area (Å²) in [6.45, 7) is 1.86. The van der Waals surface area contributed by atoms with Crippen LogP contribution in [0, 0.1) is 5.82 Å². The summed E-state index contributed by atoms with van der Waals surface area (Å²) in [4.78, 5) is 24.0. The van der Waals surface area contributed by atoms with Crippen LogP contribution in [0.2, 0.25) is 0 Å². The van der Waals surface area contributed by atoms with Gasteiger partial charge in [0.15, 0.2) is 0 Å². The number of ether oxygens (including phenoxy) is 1. The summed E-state index contributed by atoms with van der Waals surface area (Å²) in [7, 11) is 1.41. The maximum absolute atomic E-state index is 13.5. The molecule has 0 fully saturated rings. The molecule has 0 N–H and O–H groups in total. The summed E-state index contributed by atoms with van der Waals surface area (Å²) >= 11 is 3.19. The van der Waals surface area contributed by atoms with Gasteiger partial charge in [0.05, 0.1) is 12.3 Å². The lowest BCUT2D eigenvalue weighted by Crippen LogP contribution is -2.29. The number of amides is 1. The monoisotopic (exact) mass is 317 g/mol. The molecule has 0 aromatic heterocycles. The lowest BCUT2D eigenvalue weighted by Gasteiger charge is -2.17. The third-order valence-electron chi connectivity index (χ3n) is 2.24. The van der Waals surface area contributed by atoms with E-state index in [-0.39, 0.29) is 12.3 Å². The second-order valence-electron chi connectivity index (χ2n) is 3.53. The predicted molar refractivity (Wildman–Crippen MR) is 68.8 cm³/mol. The molecule has 0 atom stereocenters. The molecule has 0 saturated carbocycles. The zero-order valence-electron chi connectivity index (χ0n) is 10.1. The van der Waals surface area contributed by atoms with Gasteiger partial charge in [0, 0.05) is 11.5 Å². The Labute approximate surface area is 113 Å². The van der Waals surface area contributed by atoms with Crippen LogP contribution in [0.25, 0.3) is 0 Å². The molecule has 6 heteroatoms. The van der Waals surface area contributed by atoms with Crippen molar-refractivity contribution >= 4 is 33.5 Å². The van der Waals surface area contributed by atoms with E-state index < -0.39 is 24.1 Å². The average Bonchev–Trinajstić information content (AvgIpc) is 2.31. The number of esters is 1. The number of hydrogen-bond donors (Lipinski definition) is 0. The second kappa shape index (κ2) is 6.49. The van der Waals surface area contributed by atoms with Crippen LogP contribution in [0.4, 0.5) is 10.1 Å². The Kier molecular flexibility index (Phi) is 5.27. The summed E-state index contributed by atoms with van der Waals surface area (Å²) in [6, 6.07) is 4.24. The first-order valence-corrected chi connectivity index (χ1v) is 6.12. The van der Waals surface area contributed by atoms with E-state index in [1.807, 2.05) is 0 Å². The lowest BCUT2D eigenvalue weighted by molar-refractivity contribution is -0.145. The molecule has 1 aromatic rings. The van der Waals surface area contributed by atoms with Gasteiger partial charge in [-0.1, -0.05) is 15.9 Å². The first kappa shape index (κ1) is 14.6. The van der Waals surface area contributed by atoms with Crippen molar-refractivity contribution in [3.63, 3.8) is 0 Å². The fraction of sp³-hybridized carbons (Fsp3) is 0.333. The zero-order chi connectivity index (χ0) is 13.7. The topological polar surface area (TPSA) is 46.6 Å². The van der Waals surface area contributed by atoms with Crippen LogP contribution in [0.5, 0.6) is 0 Å². The number of anilines is 1. The minimum absolute atomic E-state index is 0.110. The van der Waals surface area contributed by atoms with Gasteiger partial charge in [-0.25, -0.2) is 4.39 Å². The molecule has 0 heterocycles. The number of rotatable bonds is 4. The number of nitrogens with zero attached hydrogens (tertiary/aromatic N) is 1. The molecule has 1 aromatic carbocycles. The van der Waals surface area contributed by atoms with Gasteiger partial charge in [-0.15, -0.1) is 0 Å². The first-order valence-electron chi connectivity index (χ1n) is 5.33. The summed E-state index contributed by atoms with van der Waals surface area (Å²) in [6.07, 6.45) is -0.406. The SMILES string of the molecule is CCOC(=O)CC(=O)N(C)c1cc(Br)ccc1F. The van der Waals surface area contributed by atoms with E-state index in [1.54, 1.807) is 6.92 Å². The van der Waals surface area contributed by atoms with Crippen molar-refractivity contribution in [2.45, 2.75) is 13.3 Å². The van der Waals surface area contributed by atoms with Crippen LogP contribution >= 0.6 is 15.9 Å². The molecule has 0 unspecified atom stereocenters. The minimum Gasteiger partial charge on any atom is -0.466 e. The highest BCUT2D eigenvalue weighted by Gasteiger charge is 2.18. The summed E-state index contributed by atoms with van der Waals surface area (Å²) in [5, 5.41) is 0. The van der Waals surface area contributed by atoms with Crippen LogP contribution in [-0.4, -0.2) is 25.5 Å². The maximum atomic E-state index is 13.5. The van der Waals surface area contributed by atoms with E-state index in [1.165, 1.54) is 25.2 Å². The quantitative estimate of drug-likeness (QED) is 0.633. The third kappa shape index (κ3) is 3.80. The Morgan fingerprint density at radius 3 is 2.72 bits per heavy atom. The van der Waals surface area contributed by atoms with Gasteiger partial charge in [0.25, 0.3) is 0 Å². The number of benzene rings is 1. The Balaban J connectivity index is 2.80. The molecule has 0 aliphatic carbocycles. The van der Waals surface area contributed by atoms with E-state index in [4.69, 9.17) is 0 Å². The normalized spacial score (nSPS) is 10.0. The highest BCUT2D eigenvalue weighted by Crippen LogP contribution is 2.23. The smallest absolute Gasteiger partial charge is 0.315 e. The molecule has 4 nitrogen and oxygen atoms in total. The molecule has 0 aliphatic rings. The van der Waals surface area contributed by atoms with Crippen molar-refractivity contribution < 1.29 is 18.7 Å². The molecule has 18 heavy (non-hydrogen) atoms. The Morgan fingerprint density at radius 2 is 2.11 bits per heavy atom. The van der Waals surface area contributed by atoms with Gasteiger partial charge in [-0.05, 0) is 25.1 Å². The van der Waals surface area contributed by atoms with Gasteiger partial charge in [0.2, 0.25) is 5.91 Å². The van der Waals surface area contributed by atoms with Gasteiger partial charge >= 0.3 is 5.97 Å². The molecule has 0 bridgehead atoms. The van der Waals surface area contributed by atoms with E-state index in [0.29, 0.717) is 4.47 Å². The maximum Gasteiger partial charge on any atom is 0.315 e. The molecule has 1 rings (SSSR count). The second-order valence-corrected chi connectivity index (χ2v) is 4.45. The molecule has 0 aliphatic heterocycles. The largest absolute Gasteiger partial charge is 0.466 e. The van der Waals surface area contributed by atoms with E-state index in [9.17, 15) is 14.0 Å². The van der Waals surface area contributed by atoms with Crippen molar-refractivity contribution in [2.24, 2.45) is 0 Å². The first-order chi connectivity index (χ1) is 8.45. The highest BCUT2D eigenvalue weighted by molar-refractivity contribution is 9.10. The Hall–Kier alpha value is -1.43. The molecule has 1 amide bonds. The van der Waals surface area contributed by atoms with Crippen molar-refractivity contribution in [1.82, 2.24) is 0 Å². The van der Waals surface area contributed by atoms with Crippen molar-refractivity contribution in [3.8, 4) is 0 Å². The van der Waals surface area contributed by atoms with Crippen molar-refractivity contribution in [2.75, 3.05) is 18.6 Å². The molecule has 0 radical (unpaired) electrons. The summed E-state index contributed by atoms with van der Waals surface area (Å²) in [5.41, 5.74) is 0.110. The zero-order valence-corrected chi connectivity index (χ0v) is 11.7. The van der Waals surface area contributed by atoms with Gasteiger partial charge in [-0.2, -0.15) is 0 Å². The summed E-state index contributed by atoms with van der Waals surface area (Å²) < 4.78 is 18.8. The van der Waals surface area contributed by atoms with Crippen LogP contribution < -0.4 is 4.90 Å². The number of hydrogen-bond acceptors (Lipinski definition) is 3. The van der Waals surface area contributed by atoms with Gasteiger partial charge in [0.1, 0.15) is 12.2 Å². The average molecular weight is 318 g/mol. The molecular formula is C12H13BrFNO3. The molecule has 0 spiro atoms. The van der Waals surface area contributed by atoms with Crippen molar-refractivity contribution in [3.05, 3.63) is 28.5 Å². The van der Waals surface area contributed by atoms with Crippen LogP contribution in [0.3, 0.4) is 0 Å². The summed E-state index contributed by atoms with van der Waals surface area (Å²) in [5.74, 6) is -1.67. The Bertz CT molecular complexity index is 465. The Morgan fingerprint density at radius 1 is 1.44 bits per heavy atom. The van der Waals surface area contributed by atoms with Gasteiger partial charge < -0.3 is 9.64 Å². The molecule has 98 valence electrons. The molecule has 0 saturated heterocycles. The number of carbonyl (C=O) groups is 2. The minimum atomic E-state index is -0.621. The van der Waals surface area contributed by atoms with Gasteiger partial charge in [-0.3, -0.25) is 9.59 Å². The number of carbonyl (C=O) groups excluding carboxylic acids is 2. The standard InChI is InChI=1S/C12H13BrFNO3/c1-3-18-12(17)7-11(16)15(2)10-6-8(13)4-5-9(10)14/h4-6H,3,7H2,1-2H3. The fourth-order valence-corrected chi connectivity index (χ4v) is 1.68. The molecular weight excluding hydrogens is 305 g/mol. The van der Waals surface area contributed by atoms with Crippen LogP contribution in [0.1, 0.15) is 13.3 Å². The lowest BCUT2D eigenvalue weighted by atomic mass is 10.2. The van der Waals surface area contributed by atoms with Crippen LogP contribution in [-0.2, 0) is 14.3 Å².